The Morgan fingerprint density at radius 1 is 1.44 bits per heavy atom. The van der Waals surface area contributed by atoms with Gasteiger partial charge in [-0.2, -0.15) is 5.10 Å². The van der Waals surface area contributed by atoms with E-state index in [0.717, 1.165) is 16.4 Å². The van der Waals surface area contributed by atoms with Gasteiger partial charge in [-0.1, -0.05) is 0 Å². The molecule has 0 bridgehead atoms. The van der Waals surface area contributed by atoms with Gasteiger partial charge in [-0.25, -0.2) is 9.67 Å². The predicted molar refractivity (Wildman–Crippen MR) is 58.3 cm³/mol. The first-order chi connectivity index (χ1) is 7.65. The van der Waals surface area contributed by atoms with Crippen molar-refractivity contribution in [3.05, 3.63) is 24.2 Å². The van der Waals surface area contributed by atoms with Gasteiger partial charge in [-0.05, 0) is 12.1 Å². The van der Waals surface area contributed by atoms with Gasteiger partial charge in [0.1, 0.15) is 5.52 Å². The summed E-state index contributed by atoms with van der Waals surface area (Å²) in [5.41, 5.74) is 2.22. The molecule has 16 heavy (non-hydrogen) atoms. The van der Waals surface area contributed by atoms with Gasteiger partial charge in [0.15, 0.2) is 11.5 Å². The minimum Gasteiger partial charge on any atom is -0.441 e. The van der Waals surface area contributed by atoms with E-state index in [1.807, 2.05) is 12.1 Å². The van der Waals surface area contributed by atoms with Gasteiger partial charge in [0, 0.05) is 19.2 Å². The smallest absolute Gasteiger partial charge is 0.244 e. The summed E-state index contributed by atoms with van der Waals surface area (Å²) >= 11 is 0. The minimum atomic E-state index is -0.116. The molecule has 2 aromatic heterocycles. The second-order valence-electron chi connectivity index (χ2n) is 3.69. The maximum atomic E-state index is 11.3. The second kappa shape index (κ2) is 2.91. The SMILES string of the molecule is CC(=O)n1ncc2cc3oc(C)nc3cc21. The molecule has 0 saturated carbocycles. The van der Waals surface area contributed by atoms with Crippen LogP contribution >= 0.6 is 0 Å². The third-order valence-electron chi connectivity index (χ3n) is 2.48. The summed E-state index contributed by atoms with van der Waals surface area (Å²) in [6.07, 6.45) is 1.65. The molecule has 80 valence electrons. The fourth-order valence-corrected chi connectivity index (χ4v) is 1.81. The van der Waals surface area contributed by atoms with Crippen LogP contribution in [0.5, 0.6) is 0 Å². The number of nitrogens with zero attached hydrogens (tertiary/aromatic N) is 3. The summed E-state index contributed by atoms with van der Waals surface area (Å²) in [5.74, 6) is 0.500. The summed E-state index contributed by atoms with van der Waals surface area (Å²) in [7, 11) is 0. The van der Waals surface area contributed by atoms with E-state index in [1.165, 1.54) is 11.6 Å². The lowest BCUT2D eigenvalue weighted by Gasteiger charge is -1.95. The van der Waals surface area contributed by atoms with Crippen molar-refractivity contribution < 1.29 is 9.21 Å². The van der Waals surface area contributed by atoms with Gasteiger partial charge >= 0.3 is 0 Å². The van der Waals surface area contributed by atoms with Gasteiger partial charge in [0.2, 0.25) is 5.91 Å². The topological polar surface area (TPSA) is 60.9 Å². The number of rotatable bonds is 0. The molecule has 3 rings (SSSR count). The maximum absolute atomic E-state index is 11.3. The summed E-state index contributed by atoms with van der Waals surface area (Å²) < 4.78 is 6.77. The summed E-state index contributed by atoms with van der Waals surface area (Å²) in [4.78, 5) is 15.5. The zero-order valence-electron chi connectivity index (χ0n) is 8.89. The Balaban J connectivity index is 2.43. The van der Waals surface area contributed by atoms with Crippen LogP contribution in [0.4, 0.5) is 0 Å². The molecule has 0 radical (unpaired) electrons. The van der Waals surface area contributed by atoms with Crippen molar-refractivity contribution in [3.8, 4) is 0 Å². The van der Waals surface area contributed by atoms with Crippen molar-refractivity contribution in [2.75, 3.05) is 0 Å². The summed E-state index contributed by atoms with van der Waals surface area (Å²) in [6.45, 7) is 3.27. The number of oxazole rings is 1. The molecule has 0 aliphatic rings. The Morgan fingerprint density at radius 3 is 3.00 bits per heavy atom. The van der Waals surface area contributed by atoms with E-state index in [1.54, 1.807) is 13.1 Å². The number of aryl methyl sites for hydroxylation is 1. The van der Waals surface area contributed by atoms with Gasteiger partial charge in [-0.3, -0.25) is 4.79 Å². The van der Waals surface area contributed by atoms with Gasteiger partial charge in [0.05, 0.1) is 11.7 Å². The molecule has 0 fully saturated rings. The van der Waals surface area contributed by atoms with Crippen molar-refractivity contribution in [3.63, 3.8) is 0 Å². The number of carbonyl (C=O) groups is 1. The first-order valence-corrected chi connectivity index (χ1v) is 4.91. The molecule has 0 amide bonds. The number of benzene rings is 1. The molecule has 0 aliphatic carbocycles. The normalized spacial score (nSPS) is 11.4. The summed E-state index contributed by atoms with van der Waals surface area (Å²) in [6, 6.07) is 3.66. The lowest BCUT2D eigenvalue weighted by molar-refractivity contribution is 0.0927. The molecule has 0 spiro atoms. The van der Waals surface area contributed by atoms with E-state index < -0.39 is 0 Å². The van der Waals surface area contributed by atoms with Crippen molar-refractivity contribution in [1.29, 1.82) is 0 Å². The zero-order valence-corrected chi connectivity index (χ0v) is 8.89. The van der Waals surface area contributed by atoms with Crippen molar-refractivity contribution in [2.45, 2.75) is 13.8 Å². The first kappa shape index (κ1) is 9.08. The third-order valence-corrected chi connectivity index (χ3v) is 2.48. The first-order valence-electron chi connectivity index (χ1n) is 4.91. The number of hydrogen-bond donors (Lipinski definition) is 0. The summed E-state index contributed by atoms with van der Waals surface area (Å²) in [5, 5.41) is 4.89. The monoisotopic (exact) mass is 215 g/mol. The van der Waals surface area contributed by atoms with E-state index >= 15 is 0 Å². The van der Waals surface area contributed by atoms with Crippen LogP contribution < -0.4 is 0 Å². The van der Waals surface area contributed by atoms with Crippen molar-refractivity contribution >= 4 is 27.9 Å². The molecule has 0 atom stereocenters. The van der Waals surface area contributed by atoms with Crippen LogP contribution in [0, 0.1) is 6.92 Å². The number of carbonyl (C=O) groups excluding carboxylic acids is 1. The van der Waals surface area contributed by atoms with Crippen LogP contribution in [0.2, 0.25) is 0 Å². The highest BCUT2D eigenvalue weighted by molar-refractivity contribution is 5.96. The largest absolute Gasteiger partial charge is 0.441 e. The van der Waals surface area contributed by atoms with Crippen LogP contribution in [0.15, 0.2) is 22.7 Å². The number of hydrogen-bond acceptors (Lipinski definition) is 4. The fraction of sp³-hybridized carbons (Fsp3) is 0.182. The van der Waals surface area contributed by atoms with Crippen LogP contribution in [0.3, 0.4) is 0 Å². The third kappa shape index (κ3) is 1.14. The molecular formula is C11H9N3O2. The molecule has 0 saturated heterocycles. The average Bonchev–Trinajstić information content (AvgIpc) is 2.74. The number of fused-ring (bicyclic) bond motifs is 2. The van der Waals surface area contributed by atoms with Gasteiger partial charge in [0.25, 0.3) is 0 Å². The molecule has 5 heteroatoms. The zero-order chi connectivity index (χ0) is 11.3. The Kier molecular flexibility index (Phi) is 1.65. The molecule has 0 N–H and O–H groups in total. The highest BCUT2D eigenvalue weighted by Gasteiger charge is 2.10. The average molecular weight is 215 g/mol. The second-order valence-corrected chi connectivity index (χ2v) is 3.69. The molecular weight excluding hydrogens is 206 g/mol. The molecule has 0 unspecified atom stereocenters. The van der Waals surface area contributed by atoms with E-state index in [2.05, 4.69) is 10.1 Å². The highest BCUT2D eigenvalue weighted by Crippen LogP contribution is 2.22. The van der Waals surface area contributed by atoms with E-state index in [-0.39, 0.29) is 5.91 Å². The van der Waals surface area contributed by atoms with Crippen molar-refractivity contribution in [1.82, 2.24) is 14.8 Å². The van der Waals surface area contributed by atoms with Crippen LogP contribution in [-0.2, 0) is 0 Å². The van der Waals surface area contributed by atoms with E-state index in [4.69, 9.17) is 4.42 Å². The van der Waals surface area contributed by atoms with Crippen LogP contribution in [-0.4, -0.2) is 20.7 Å². The van der Waals surface area contributed by atoms with E-state index in [0.29, 0.717) is 11.5 Å². The lowest BCUT2D eigenvalue weighted by Crippen LogP contribution is -2.06. The van der Waals surface area contributed by atoms with Crippen molar-refractivity contribution in [2.24, 2.45) is 0 Å². The van der Waals surface area contributed by atoms with E-state index in [9.17, 15) is 4.79 Å². The molecule has 1 aromatic carbocycles. The Hall–Kier alpha value is -2.17. The lowest BCUT2D eigenvalue weighted by atomic mass is 10.2. The standard InChI is InChI=1S/C11H9N3O2/c1-6-13-9-4-10-8(3-11(9)16-6)5-12-14(10)7(2)15/h3-5H,1-2H3. The minimum absolute atomic E-state index is 0.116. The molecule has 3 aromatic rings. The molecule has 5 nitrogen and oxygen atoms in total. The molecule has 2 heterocycles. The Morgan fingerprint density at radius 2 is 2.25 bits per heavy atom. The molecule has 0 aliphatic heterocycles. The fourth-order valence-electron chi connectivity index (χ4n) is 1.81. The predicted octanol–water partition coefficient (Wildman–Crippen LogP) is 2.15. The maximum Gasteiger partial charge on any atom is 0.244 e. The van der Waals surface area contributed by atoms with Gasteiger partial charge < -0.3 is 4.42 Å². The Bertz CT molecular complexity index is 708. The van der Waals surface area contributed by atoms with Gasteiger partial charge in [-0.15, -0.1) is 0 Å². The quantitative estimate of drug-likeness (QED) is 0.576. The van der Waals surface area contributed by atoms with Crippen LogP contribution in [0.25, 0.3) is 22.0 Å². The van der Waals surface area contributed by atoms with Crippen LogP contribution in [0.1, 0.15) is 17.6 Å². The number of aromatic nitrogens is 3. The highest BCUT2D eigenvalue weighted by atomic mass is 16.3. The Labute approximate surface area is 90.7 Å².